The van der Waals surface area contributed by atoms with E-state index in [2.05, 4.69) is 10.2 Å². The fraction of sp³-hybridized carbons (Fsp3) is 0.333. The van der Waals surface area contributed by atoms with Crippen LogP contribution >= 0.6 is 0 Å². The minimum absolute atomic E-state index is 0.0452. The van der Waals surface area contributed by atoms with Gasteiger partial charge in [0.05, 0.1) is 24.9 Å². The van der Waals surface area contributed by atoms with E-state index in [-0.39, 0.29) is 17.8 Å². The van der Waals surface area contributed by atoms with Crippen LogP contribution in [0.25, 0.3) is 11.3 Å². The lowest BCUT2D eigenvalue weighted by Gasteiger charge is -2.32. The Hall–Kier alpha value is -2.21. The fourth-order valence-corrected chi connectivity index (χ4v) is 2.38. The molecule has 0 saturated carbocycles. The van der Waals surface area contributed by atoms with E-state index in [4.69, 9.17) is 4.74 Å². The third-order valence-corrected chi connectivity index (χ3v) is 3.58. The second-order valence-corrected chi connectivity index (χ2v) is 5.10. The number of carbonyl (C=O) groups is 1. The molecular weight excluding hydrogens is 273 g/mol. The Labute approximate surface area is 121 Å². The normalized spacial score (nSPS) is 18.8. The van der Waals surface area contributed by atoms with Gasteiger partial charge in [-0.15, -0.1) is 0 Å². The molecule has 0 spiro atoms. The molecule has 2 aromatic rings. The van der Waals surface area contributed by atoms with Crippen LogP contribution in [0.4, 0.5) is 4.39 Å². The molecule has 1 amide bonds. The number of amides is 1. The quantitative estimate of drug-likeness (QED) is 0.921. The van der Waals surface area contributed by atoms with E-state index in [0.29, 0.717) is 31.1 Å². The van der Waals surface area contributed by atoms with Crippen LogP contribution in [-0.4, -0.2) is 46.8 Å². The molecule has 1 fully saturated rings. The largest absolute Gasteiger partial charge is 0.377 e. The molecule has 3 rings (SSSR count). The van der Waals surface area contributed by atoms with Crippen molar-refractivity contribution in [3.8, 4) is 11.3 Å². The average Bonchev–Trinajstić information content (AvgIpc) is 2.98. The van der Waals surface area contributed by atoms with Gasteiger partial charge in [0.15, 0.2) is 0 Å². The van der Waals surface area contributed by atoms with Crippen LogP contribution in [0.15, 0.2) is 30.3 Å². The summed E-state index contributed by atoms with van der Waals surface area (Å²) < 4.78 is 18.2. The van der Waals surface area contributed by atoms with Crippen molar-refractivity contribution in [3.63, 3.8) is 0 Å². The van der Waals surface area contributed by atoms with Gasteiger partial charge in [-0.05, 0) is 37.3 Å². The summed E-state index contributed by atoms with van der Waals surface area (Å²) in [5.41, 5.74) is 1.82. The number of hydrogen-bond acceptors (Lipinski definition) is 3. The molecule has 6 heteroatoms. The first-order valence-electron chi connectivity index (χ1n) is 6.85. The minimum atomic E-state index is -0.298. The van der Waals surface area contributed by atoms with E-state index in [1.165, 1.54) is 12.1 Å². The third-order valence-electron chi connectivity index (χ3n) is 3.58. The number of halogens is 1. The third kappa shape index (κ3) is 2.80. The zero-order valence-corrected chi connectivity index (χ0v) is 11.7. The Morgan fingerprint density at radius 1 is 1.43 bits per heavy atom. The molecule has 0 bridgehead atoms. The van der Waals surface area contributed by atoms with Crippen molar-refractivity contribution in [2.24, 2.45) is 0 Å². The molecule has 1 aromatic heterocycles. The van der Waals surface area contributed by atoms with Gasteiger partial charge >= 0.3 is 0 Å². The number of H-pyrrole nitrogens is 1. The van der Waals surface area contributed by atoms with Crippen LogP contribution in [0.1, 0.15) is 17.4 Å². The summed E-state index contributed by atoms with van der Waals surface area (Å²) in [6, 6.07) is 7.75. The van der Waals surface area contributed by atoms with Crippen LogP contribution in [0.2, 0.25) is 0 Å². The maximum absolute atomic E-state index is 12.9. The molecule has 1 saturated heterocycles. The summed E-state index contributed by atoms with van der Waals surface area (Å²) in [5.74, 6) is -0.389. The molecule has 2 heterocycles. The Morgan fingerprint density at radius 3 is 2.90 bits per heavy atom. The molecule has 21 heavy (non-hydrogen) atoms. The Bertz CT molecular complexity index is 639. The number of rotatable bonds is 2. The molecule has 1 N–H and O–H groups in total. The number of aromatic nitrogens is 2. The standard InChI is InChI=1S/C15H16FN3O2/c1-10-9-21-7-6-19(10)15(20)14-8-13(17-18-14)11-2-4-12(16)5-3-11/h2-5,8,10H,6-7,9H2,1H3,(H,17,18)/t10-/m0/s1. The molecule has 0 unspecified atom stereocenters. The predicted molar refractivity (Wildman–Crippen MR) is 75.3 cm³/mol. The lowest BCUT2D eigenvalue weighted by atomic mass is 10.1. The fourth-order valence-electron chi connectivity index (χ4n) is 2.38. The van der Waals surface area contributed by atoms with E-state index >= 15 is 0 Å². The lowest BCUT2D eigenvalue weighted by Crippen LogP contribution is -2.47. The SMILES string of the molecule is C[C@H]1COCCN1C(=O)c1cc(-c2ccc(F)cc2)n[nH]1. The van der Waals surface area contributed by atoms with Gasteiger partial charge in [0, 0.05) is 12.1 Å². The maximum atomic E-state index is 12.9. The van der Waals surface area contributed by atoms with Crippen molar-refractivity contribution in [2.75, 3.05) is 19.8 Å². The summed E-state index contributed by atoms with van der Waals surface area (Å²) in [6.45, 7) is 3.62. The van der Waals surface area contributed by atoms with Crippen molar-refractivity contribution >= 4 is 5.91 Å². The van der Waals surface area contributed by atoms with Crippen molar-refractivity contribution < 1.29 is 13.9 Å². The zero-order valence-electron chi connectivity index (χ0n) is 11.7. The van der Waals surface area contributed by atoms with E-state index in [1.54, 1.807) is 23.1 Å². The Kier molecular flexibility index (Phi) is 3.70. The molecule has 110 valence electrons. The number of aromatic amines is 1. The number of ether oxygens (including phenoxy) is 1. The first-order valence-corrected chi connectivity index (χ1v) is 6.85. The highest BCUT2D eigenvalue weighted by Crippen LogP contribution is 2.19. The highest BCUT2D eigenvalue weighted by Gasteiger charge is 2.26. The molecule has 1 aromatic carbocycles. The van der Waals surface area contributed by atoms with Gasteiger partial charge in [0.2, 0.25) is 0 Å². The minimum Gasteiger partial charge on any atom is -0.377 e. The summed E-state index contributed by atoms with van der Waals surface area (Å²) in [4.78, 5) is 14.2. The highest BCUT2D eigenvalue weighted by atomic mass is 19.1. The van der Waals surface area contributed by atoms with Gasteiger partial charge in [-0.3, -0.25) is 9.89 Å². The summed E-state index contributed by atoms with van der Waals surface area (Å²) in [7, 11) is 0. The molecule has 1 aliphatic rings. The molecular formula is C15H16FN3O2. The second kappa shape index (κ2) is 5.65. The number of morpholine rings is 1. The number of hydrogen-bond donors (Lipinski definition) is 1. The van der Waals surface area contributed by atoms with Gasteiger partial charge < -0.3 is 9.64 Å². The lowest BCUT2D eigenvalue weighted by molar-refractivity contribution is 0.00327. The van der Waals surface area contributed by atoms with Gasteiger partial charge in [0.1, 0.15) is 11.5 Å². The van der Waals surface area contributed by atoms with Crippen molar-refractivity contribution in [1.82, 2.24) is 15.1 Å². The van der Waals surface area contributed by atoms with Crippen molar-refractivity contribution in [2.45, 2.75) is 13.0 Å². The molecule has 1 atom stereocenters. The zero-order chi connectivity index (χ0) is 14.8. The van der Waals surface area contributed by atoms with Gasteiger partial charge in [-0.2, -0.15) is 5.10 Å². The van der Waals surface area contributed by atoms with Gasteiger partial charge in [0.25, 0.3) is 5.91 Å². The van der Waals surface area contributed by atoms with E-state index < -0.39 is 0 Å². The van der Waals surface area contributed by atoms with Gasteiger partial charge in [-0.1, -0.05) is 0 Å². The first-order chi connectivity index (χ1) is 10.1. The molecule has 1 aliphatic heterocycles. The first kappa shape index (κ1) is 13.8. The van der Waals surface area contributed by atoms with Crippen LogP contribution in [0, 0.1) is 5.82 Å². The predicted octanol–water partition coefficient (Wildman–Crippen LogP) is 2.08. The summed E-state index contributed by atoms with van der Waals surface area (Å²) in [6.07, 6.45) is 0. The molecule has 0 radical (unpaired) electrons. The molecule has 0 aliphatic carbocycles. The summed E-state index contributed by atoms with van der Waals surface area (Å²) >= 11 is 0. The second-order valence-electron chi connectivity index (χ2n) is 5.10. The number of nitrogens with one attached hydrogen (secondary N) is 1. The average molecular weight is 289 g/mol. The van der Waals surface area contributed by atoms with Crippen LogP contribution in [0.3, 0.4) is 0 Å². The maximum Gasteiger partial charge on any atom is 0.272 e. The number of benzene rings is 1. The van der Waals surface area contributed by atoms with Gasteiger partial charge in [-0.25, -0.2) is 4.39 Å². The van der Waals surface area contributed by atoms with Crippen molar-refractivity contribution in [3.05, 3.63) is 41.8 Å². The smallest absolute Gasteiger partial charge is 0.272 e. The monoisotopic (exact) mass is 289 g/mol. The van der Waals surface area contributed by atoms with E-state index in [9.17, 15) is 9.18 Å². The number of nitrogens with zero attached hydrogens (tertiary/aromatic N) is 2. The van der Waals surface area contributed by atoms with Crippen LogP contribution < -0.4 is 0 Å². The van der Waals surface area contributed by atoms with Crippen molar-refractivity contribution in [1.29, 1.82) is 0 Å². The van der Waals surface area contributed by atoms with Crippen LogP contribution in [0.5, 0.6) is 0 Å². The van der Waals surface area contributed by atoms with Crippen LogP contribution in [-0.2, 0) is 4.74 Å². The number of carbonyl (C=O) groups excluding carboxylic acids is 1. The Morgan fingerprint density at radius 2 is 2.19 bits per heavy atom. The summed E-state index contributed by atoms with van der Waals surface area (Å²) in [5, 5.41) is 6.89. The van der Waals surface area contributed by atoms with E-state index in [0.717, 1.165) is 5.56 Å². The topological polar surface area (TPSA) is 58.2 Å². The molecule has 5 nitrogen and oxygen atoms in total. The highest BCUT2D eigenvalue weighted by molar-refractivity contribution is 5.93. The van der Waals surface area contributed by atoms with E-state index in [1.807, 2.05) is 6.92 Å². The Balaban J connectivity index is 1.81.